The summed E-state index contributed by atoms with van der Waals surface area (Å²) in [6.07, 6.45) is 0. The molecule has 0 radical (unpaired) electrons. The Hall–Kier alpha value is -1.86. The number of nitrogens with zero attached hydrogens (tertiary/aromatic N) is 2. The summed E-state index contributed by atoms with van der Waals surface area (Å²) in [5, 5.41) is 1.11. The quantitative estimate of drug-likeness (QED) is 0.527. The zero-order chi connectivity index (χ0) is 10.6. The van der Waals surface area contributed by atoms with Crippen LogP contribution in [-0.2, 0) is 4.84 Å². The molecule has 0 atom stereocenters. The normalized spacial score (nSPS) is 9.21. The van der Waals surface area contributed by atoms with Crippen molar-refractivity contribution in [3.63, 3.8) is 0 Å². The van der Waals surface area contributed by atoms with Crippen LogP contribution in [-0.4, -0.2) is 25.1 Å². The average Bonchev–Trinajstić information content (AvgIpc) is 2.27. The highest BCUT2D eigenvalue weighted by Crippen LogP contribution is 2.14. The molecule has 0 aromatic heterocycles. The van der Waals surface area contributed by atoms with Gasteiger partial charge in [-0.3, -0.25) is 9.63 Å². The fourth-order valence-electron chi connectivity index (χ4n) is 0.973. The zero-order valence-electron chi connectivity index (χ0n) is 8.02. The molecule has 0 heterocycles. The standard InChI is InChI=1S/C10H10N2O2/c1-11-9-6-4-5-8(7-9)10(13)12(2)14-3/h4-7H,2-3H3. The molecule has 1 aromatic carbocycles. The number of amides is 1. The van der Waals surface area contributed by atoms with Crippen LogP contribution in [0, 0.1) is 6.57 Å². The van der Waals surface area contributed by atoms with Gasteiger partial charge in [-0.25, -0.2) is 9.91 Å². The van der Waals surface area contributed by atoms with Crippen LogP contribution in [0.15, 0.2) is 24.3 Å². The molecule has 0 aliphatic carbocycles. The third-order valence-electron chi connectivity index (χ3n) is 1.78. The van der Waals surface area contributed by atoms with Crippen molar-refractivity contribution in [3.05, 3.63) is 41.2 Å². The Labute approximate surface area is 82.5 Å². The Kier molecular flexibility index (Phi) is 3.21. The Morgan fingerprint density at radius 2 is 2.29 bits per heavy atom. The van der Waals surface area contributed by atoms with Crippen molar-refractivity contribution in [1.29, 1.82) is 0 Å². The first-order chi connectivity index (χ1) is 6.69. The maximum absolute atomic E-state index is 11.5. The van der Waals surface area contributed by atoms with Crippen LogP contribution in [0.4, 0.5) is 5.69 Å². The van der Waals surface area contributed by atoms with Crippen molar-refractivity contribution in [2.24, 2.45) is 0 Å². The van der Waals surface area contributed by atoms with Crippen LogP contribution in [0.5, 0.6) is 0 Å². The summed E-state index contributed by atoms with van der Waals surface area (Å²) < 4.78 is 0. The van der Waals surface area contributed by atoms with E-state index in [0.717, 1.165) is 5.06 Å². The van der Waals surface area contributed by atoms with Crippen molar-refractivity contribution < 1.29 is 9.63 Å². The molecule has 0 aliphatic rings. The highest BCUT2D eigenvalue weighted by Gasteiger charge is 2.10. The second-order valence-corrected chi connectivity index (χ2v) is 2.65. The van der Waals surface area contributed by atoms with Crippen LogP contribution in [0.25, 0.3) is 4.85 Å². The minimum absolute atomic E-state index is 0.266. The Balaban J connectivity index is 2.97. The number of benzene rings is 1. The van der Waals surface area contributed by atoms with E-state index < -0.39 is 0 Å². The summed E-state index contributed by atoms with van der Waals surface area (Å²) in [7, 11) is 2.93. The summed E-state index contributed by atoms with van der Waals surface area (Å²) in [5.41, 5.74) is 0.892. The van der Waals surface area contributed by atoms with Gasteiger partial charge < -0.3 is 0 Å². The second-order valence-electron chi connectivity index (χ2n) is 2.65. The van der Waals surface area contributed by atoms with Gasteiger partial charge in [-0.1, -0.05) is 18.2 Å². The molecule has 0 unspecified atom stereocenters. The summed E-state index contributed by atoms with van der Waals surface area (Å²) >= 11 is 0. The summed E-state index contributed by atoms with van der Waals surface area (Å²) in [4.78, 5) is 19.5. The summed E-state index contributed by atoms with van der Waals surface area (Å²) in [5.74, 6) is -0.266. The Morgan fingerprint density at radius 3 is 2.86 bits per heavy atom. The minimum Gasteiger partial charge on any atom is -0.274 e. The highest BCUT2D eigenvalue weighted by molar-refractivity contribution is 5.94. The van der Waals surface area contributed by atoms with Gasteiger partial charge >= 0.3 is 0 Å². The highest BCUT2D eigenvalue weighted by atomic mass is 16.7. The fourth-order valence-corrected chi connectivity index (χ4v) is 0.973. The molecule has 0 spiro atoms. The molecule has 1 aromatic rings. The predicted molar refractivity (Wildman–Crippen MR) is 51.8 cm³/mol. The molecule has 0 saturated heterocycles. The van der Waals surface area contributed by atoms with Crippen LogP contribution < -0.4 is 0 Å². The van der Waals surface area contributed by atoms with Crippen LogP contribution in [0.2, 0.25) is 0 Å². The molecule has 0 N–H and O–H groups in total. The molecule has 1 amide bonds. The fraction of sp³-hybridized carbons (Fsp3) is 0.200. The van der Waals surface area contributed by atoms with Gasteiger partial charge in [-0.2, -0.15) is 0 Å². The Bertz CT molecular complexity index is 382. The van der Waals surface area contributed by atoms with Gasteiger partial charge in [-0.05, 0) is 6.07 Å². The Morgan fingerprint density at radius 1 is 1.57 bits per heavy atom. The van der Waals surface area contributed by atoms with Crippen molar-refractivity contribution in [1.82, 2.24) is 5.06 Å². The lowest BCUT2D eigenvalue weighted by atomic mass is 10.2. The van der Waals surface area contributed by atoms with Crippen LogP contribution in [0.1, 0.15) is 10.4 Å². The molecule has 0 saturated carbocycles. The van der Waals surface area contributed by atoms with Gasteiger partial charge in [-0.15, -0.1) is 0 Å². The van der Waals surface area contributed by atoms with E-state index in [1.165, 1.54) is 20.2 Å². The molecule has 14 heavy (non-hydrogen) atoms. The molecule has 72 valence electrons. The summed E-state index contributed by atoms with van der Waals surface area (Å²) in [6.45, 7) is 6.80. The molecule has 4 heteroatoms. The van der Waals surface area contributed by atoms with Gasteiger partial charge in [0.1, 0.15) is 0 Å². The zero-order valence-corrected chi connectivity index (χ0v) is 8.02. The van der Waals surface area contributed by atoms with Crippen LogP contribution >= 0.6 is 0 Å². The van der Waals surface area contributed by atoms with E-state index in [1.54, 1.807) is 18.2 Å². The first kappa shape index (κ1) is 10.2. The smallest absolute Gasteiger partial charge is 0.274 e. The lowest BCUT2D eigenvalue weighted by Crippen LogP contribution is -2.25. The van der Waals surface area contributed by atoms with Gasteiger partial charge in [0.05, 0.1) is 13.7 Å². The van der Waals surface area contributed by atoms with Gasteiger partial charge in [0, 0.05) is 12.6 Å². The van der Waals surface area contributed by atoms with E-state index >= 15 is 0 Å². The van der Waals surface area contributed by atoms with E-state index in [4.69, 9.17) is 11.4 Å². The van der Waals surface area contributed by atoms with E-state index in [1.807, 2.05) is 0 Å². The average molecular weight is 190 g/mol. The third-order valence-corrected chi connectivity index (χ3v) is 1.78. The van der Waals surface area contributed by atoms with E-state index in [-0.39, 0.29) is 5.91 Å². The largest absolute Gasteiger partial charge is 0.275 e. The number of rotatable bonds is 2. The van der Waals surface area contributed by atoms with E-state index in [0.29, 0.717) is 11.3 Å². The van der Waals surface area contributed by atoms with Gasteiger partial charge in [0.25, 0.3) is 5.91 Å². The first-order valence-corrected chi connectivity index (χ1v) is 3.98. The molecule has 0 aliphatic heterocycles. The minimum atomic E-state index is -0.266. The number of hydroxylamine groups is 2. The van der Waals surface area contributed by atoms with E-state index in [2.05, 4.69) is 4.85 Å². The monoisotopic (exact) mass is 190 g/mol. The molecule has 1 rings (SSSR count). The predicted octanol–water partition coefficient (Wildman–Crippen LogP) is 1.87. The molecule has 0 bridgehead atoms. The molecular formula is C10H10N2O2. The van der Waals surface area contributed by atoms with Crippen molar-refractivity contribution >= 4 is 11.6 Å². The maximum Gasteiger partial charge on any atom is 0.275 e. The topological polar surface area (TPSA) is 33.9 Å². The maximum atomic E-state index is 11.5. The number of hydrogen-bond donors (Lipinski definition) is 0. The third kappa shape index (κ3) is 2.09. The van der Waals surface area contributed by atoms with Gasteiger partial charge in [0.15, 0.2) is 5.69 Å². The molecular weight excluding hydrogens is 180 g/mol. The number of carbonyl (C=O) groups is 1. The SMILES string of the molecule is [C-]#[N+]c1cccc(C(=O)N(C)OC)c1. The number of carbonyl (C=O) groups excluding carboxylic acids is 1. The van der Waals surface area contributed by atoms with Crippen molar-refractivity contribution in [2.75, 3.05) is 14.2 Å². The number of hydrogen-bond acceptors (Lipinski definition) is 2. The lowest BCUT2D eigenvalue weighted by Gasteiger charge is -2.13. The summed E-state index contributed by atoms with van der Waals surface area (Å²) in [6, 6.07) is 6.50. The molecule has 0 fully saturated rings. The molecule has 4 nitrogen and oxygen atoms in total. The van der Waals surface area contributed by atoms with E-state index in [9.17, 15) is 4.79 Å². The second kappa shape index (κ2) is 4.40. The van der Waals surface area contributed by atoms with Gasteiger partial charge in [0.2, 0.25) is 0 Å². The lowest BCUT2D eigenvalue weighted by molar-refractivity contribution is -0.0756. The van der Waals surface area contributed by atoms with Crippen molar-refractivity contribution in [3.8, 4) is 0 Å². The first-order valence-electron chi connectivity index (χ1n) is 3.98. The van der Waals surface area contributed by atoms with Crippen LogP contribution in [0.3, 0.4) is 0 Å². The van der Waals surface area contributed by atoms with Crippen molar-refractivity contribution in [2.45, 2.75) is 0 Å².